The number of hydrogen-bond acceptors (Lipinski definition) is 3. The van der Waals surface area contributed by atoms with E-state index in [4.69, 9.17) is 21.1 Å². The molecule has 1 aromatic rings. The van der Waals surface area contributed by atoms with Crippen molar-refractivity contribution in [3.8, 4) is 11.5 Å². The Labute approximate surface area is 119 Å². The van der Waals surface area contributed by atoms with Gasteiger partial charge in [-0.25, -0.2) is 0 Å². The Kier molecular flexibility index (Phi) is 5.96. The van der Waals surface area contributed by atoms with Gasteiger partial charge in [0.05, 0.1) is 24.9 Å². The molecular formula is C14H20ClNO3. The summed E-state index contributed by atoms with van der Waals surface area (Å²) in [6.45, 7) is 3.95. The standard InChI is InChI=1S/C14H20ClNO3/c1-5-6-9(2)14(17)16-11-7-10(15)12(18-3)8-13(11)19-4/h7-9H,5-6H2,1-4H3,(H,16,17)/t9-/m1/s1. The van der Waals surface area contributed by atoms with Gasteiger partial charge in [-0.1, -0.05) is 31.9 Å². The van der Waals surface area contributed by atoms with E-state index in [0.717, 1.165) is 12.8 Å². The molecule has 0 unspecified atom stereocenters. The number of carbonyl (C=O) groups excluding carboxylic acids is 1. The van der Waals surface area contributed by atoms with Gasteiger partial charge in [-0.15, -0.1) is 0 Å². The van der Waals surface area contributed by atoms with Crippen LogP contribution in [0.5, 0.6) is 11.5 Å². The molecule has 19 heavy (non-hydrogen) atoms. The van der Waals surface area contributed by atoms with E-state index in [-0.39, 0.29) is 11.8 Å². The van der Waals surface area contributed by atoms with Crippen molar-refractivity contribution in [1.29, 1.82) is 0 Å². The van der Waals surface area contributed by atoms with E-state index in [9.17, 15) is 4.79 Å². The smallest absolute Gasteiger partial charge is 0.227 e. The fourth-order valence-electron chi connectivity index (χ4n) is 1.78. The van der Waals surface area contributed by atoms with Crippen LogP contribution < -0.4 is 14.8 Å². The predicted molar refractivity (Wildman–Crippen MR) is 77.3 cm³/mol. The first-order valence-corrected chi connectivity index (χ1v) is 6.63. The third kappa shape index (κ3) is 4.03. The van der Waals surface area contributed by atoms with Crippen LogP contribution in [-0.4, -0.2) is 20.1 Å². The Hall–Kier alpha value is -1.42. The molecule has 1 atom stereocenters. The maximum atomic E-state index is 12.0. The van der Waals surface area contributed by atoms with E-state index in [2.05, 4.69) is 12.2 Å². The lowest BCUT2D eigenvalue weighted by Crippen LogP contribution is -2.20. The molecule has 0 aliphatic heterocycles. The third-order valence-corrected chi connectivity index (χ3v) is 3.20. The lowest BCUT2D eigenvalue weighted by molar-refractivity contribution is -0.119. The molecule has 1 rings (SSSR count). The summed E-state index contributed by atoms with van der Waals surface area (Å²) in [5.74, 6) is 0.952. The van der Waals surface area contributed by atoms with Crippen LogP contribution in [0.4, 0.5) is 5.69 Å². The van der Waals surface area contributed by atoms with Crippen molar-refractivity contribution in [3.63, 3.8) is 0 Å². The Morgan fingerprint density at radius 3 is 2.47 bits per heavy atom. The normalized spacial score (nSPS) is 11.8. The molecule has 106 valence electrons. The molecule has 1 aromatic carbocycles. The monoisotopic (exact) mass is 285 g/mol. The molecule has 4 nitrogen and oxygen atoms in total. The highest BCUT2D eigenvalue weighted by Gasteiger charge is 2.16. The lowest BCUT2D eigenvalue weighted by atomic mass is 10.1. The fourth-order valence-corrected chi connectivity index (χ4v) is 2.02. The summed E-state index contributed by atoms with van der Waals surface area (Å²) in [5.41, 5.74) is 0.557. The Balaban J connectivity index is 2.94. The molecular weight excluding hydrogens is 266 g/mol. The molecule has 5 heteroatoms. The Bertz CT molecular complexity index is 449. The number of nitrogens with one attached hydrogen (secondary N) is 1. The second-order valence-corrected chi connectivity index (χ2v) is 4.77. The maximum absolute atomic E-state index is 12.0. The van der Waals surface area contributed by atoms with E-state index >= 15 is 0 Å². The molecule has 1 N–H and O–H groups in total. The topological polar surface area (TPSA) is 47.6 Å². The summed E-state index contributed by atoms with van der Waals surface area (Å²) >= 11 is 6.05. The van der Waals surface area contributed by atoms with Crippen LogP contribution >= 0.6 is 11.6 Å². The highest BCUT2D eigenvalue weighted by atomic mass is 35.5. The second-order valence-electron chi connectivity index (χ2n) is 4.37. The van der Waals surface area contributed by atoms with Crippen LogP contribution in [0, 0.1) is 5.92 Å². The number of amides is 1. The number of rotatable bonds is 6. The largest absolute Gasteiger partial charge is 0.495 e. The summed E-state index contributed by atoms with van der Waals surface area (Å²) in [6.07, 6.45) is 1.81. The number of carbonyl (C=O) groups is 1. The maximum Gasteiger partial charge on any atom is 0.227 e. The van der Waals surface area contributed by atoms with Crippen molar-refractivity contribution in [2.24, 2.45) is 5.92 Å². The molecule has 0 bridgehead atoms. The van der Waals surface area contributed by atoms with Gasteiger partial charge in [0.2, 0.25) is 5.91 Å². The highest BCUT2D eigenvalue weighted by molar-refractivity contribution is 6.32. The van der Waals surface area contributed by atoms with Gasteiger partial charge < -0.3 is 14.8 Å². The second kappa shape index (κ2) is 7.24. The zero-order chi connectivity index (χ0) is 14.4. The van der Waals surface area contributed by atoms with Gasteiger partial charge in [0.15, 0.2) is 0 Å². The van der Waals surface area contributed by atoms with Crippen LogP contribution in [0.15, 0.2) is 12.1 Å². The van der Waals surface area contributed by atoms with E-state index in [1.165, 1.54) is 14.2 Å². The number of methoxy groups -OCH3 is 2. The van der Waals surface area contributed by atoms with Gasteiger partial charge in [0.25, 0.3) is 0 Å². The van der Waals surface area contributed by atoms with Crippen LogP contribution in [0.25, 0.3) is 0 Å². The van der Waals surface area contributed by atoms with E-state index in [0.29, 0.717) is 22.2 Å². The van der Waals surface area contributed by atoms with Crippen molar-refractivity contribution in [2.45, 2.75) is 26.7 Å². The van der Waals surface area contributed by atoms with Gasteiger partial charge in [-0.05, 0) is 12.5 Å². The number of benzene rings is 1. The first-order chi connectivity index (χ1) is 9.03. The van der Waals surface area contributed by atoms with Crippen LogP contribution in [0.2, 0.25) is 5.02 Å². The molecule has 0 fully saturated rings. The quantitative estimate of drug-likeness (QED) is 0.866. The minimum absolute atomic E-state index is 0.0404. The van der Waals surface area contributed by atoms with Crippen molar-refractivity contribution in [2.75, 3.05) is 19.5 Å². The molecule has 0 aromatic heterocycles. The summed E-state index contributed by atoms with van der Waals surface area (Å²) in [6, 6.07) is 3.29. The molecule has 0 aliphatic carbocycles. The zero-order valence-corrected chi connectivity index (χ0v) is 12.5. The van der Waals surface area contributed by atoms with Crippen LogP contribution in [0.3, 0.4) is 0 Å². The van der Waals surface area contributed by atoms with Gasteiger partial charge in [-0.3, -0.25) is 4.79 Å². The predicted octanol–water partition coefficient (Wildman–Crippen LogP) is 3.73. The third-order valence-electron chi connectivity index (χ3n) is 2.90. The first-order valence-electron chi connectivity index (χ1n) is 6.25. The molecule has 0 aliphatic rings. The van der Waals surface area contributed by atoms with Gasteiger partial charge in [0, 0.05) is 12.0 Å². The summed E-state index contributed by atoms with van der Waals surface area (Å²) < 4.78 is 10.3. The number of hydrogen-bond donors (Lipinski definition) is 1. The minimum Gasteiger partial charge on any atom is -0.495 e. The van der Waals surface area contributed by atoms with Crippen molar-refractivity contribution in [3.05, 3.63) is 17.2 Å². The number of anilines is 1. The van der Waals surface area contributed by atoms with Crippen molar-refractivity contribution in [1.82, 2.24) is 0 Å². The van der Waals surface area contributed by atoms with Crippen molar-refractivity contribution < 1.29 is 14.3 Å². The summed E-state index contributed by atoms with van der Waals surface area (Å²) in [7, 11) is 3.07. The minimum atomic E-state index is -0.0458. The molecule has 0 heterocycles. The first kappa shape index (κ1) is 15.6. The van der Waals surface area contributed by atoms with Gasteiger partial charge >= 0.3 is 0 Å². The van der Waals surface area contributed by atoms with Gasteiger partial charge in [-0.2, -0.15) is 0 Å². The average Bonchev–Trinajstić information content (AvgIpc) is 2.39. The summed E-state index contributed by atoms with van der Waals surface area (Å²) in [4.78, 5) is 12.0. The zero-order valence-electron chi connectivity index (χ0n) is 11.7. The van der Waals surface area contributed by atoms with Gasteiger partial charge in [0.1, 0.15) is 11.5 Å². The van der Waals surface area contributed by atoms with Crippen LogP contribution in [-0.2, 0) is 4.79 Å². The lowest BCUT2D eigenvalue weighted by Gasteiger charge is -2.15. The molecule has 0 radical (unpaired) electrons. The SMILES string of the molecule is CCC[C@@H](C)C(=O)Nc1cc(Cl)c(OC)cc1OC. The Morgan fingerprint density at radius 1 is 1.32 bits per heavy atom. The molecule has 1 amide bonds. The highest BCUT2D eigenvalue weighted by Crippen LogP contribution is 2.36. The molecule has 0 saturated carbocycles. The Morgan fingerprint density at radius 2 is 1.95 bits per heavy atom. The van der Waals surface area contributed by atoms with E-state index in [1.54, 1.807) is 12.1 Å². The molecule has 0 spiro atoms. The van der Waals surface area contributed by atoms with E-state index < -0.39 is 0 Å². The number of ether oxygens (including phenoxy) is 2. The number of halogens is 1. The molecule has 0 saturated heterocycles. The van der Waals surface area contributed by atoms with E-state index in [1.807, 2.05) is 6.92 Å². The fraction of sp³-hybridized carbons (Fsp3) is 0.500. The van der Waals surface area contributed by atoms with Crippen LogP contribution in [0.1, 0.15) is 26.7 Å². The average molecular weight is 286 g/mol. The van der Waals surface area contributed by atoms with Crippen molar-refractivity contribution >= 4 is 23.2 Å². The summed E-state index contributed by atoms with van der Waals surface area (Å²) in [5, 5.41) is 3.27.